The van der Waals surface area contributed by atoms with Crippen LogP contribution < -0.4 is 5.43 Å². The fourth-order valence-corrected chi connectivity index (χ4v) is 2.43. The Balaban J connectivity index is 2.34. The van der Waals surface area contributed by atoms with Crippen molar-refractivity contribution in [2.75, 3.05) is 0 Å². The first-order valence-electron chi connectivity index (χ1n) is 6.56. The highest BCUT2D eigenvalue weighted by molar-refractivity contribution is 5.85. The monoisotopic (exact) mass is 282 g/mol. The largest absolute Gasteiger partial charge is 0.508 e. The number of hydrogen-bond acceptors (Lipinski definition) is 4. The molecular formula is C17H14O4. The fourth-order valence-electron chi connectivity index (χ4n) is 2.43. The Hall–Kier alpha value is -2.59. The molecule has 21 heavy (non-hydrogen) atoms. The van der Waals surface area contributed by atoms with Crippen molar-refractivity contribution in [1.29, 1.82) is 0 Å². The Morgan fingerprint density at radius 3 is 2.48 bits per heavy atom. The summed E-state index contributed by atoms with van der Waals surface area (Å²) in [7, 11) is 0. The van der Waals surface area contributed by atoms with Gasteiger partial charge in [0.2, 0.25) is 5.43 Å². The predicted octanol–water partition coefficient (Wildman–Crippen LogP) is 2.97. The first-order valence-corrected chi connectivity index (χ1v) is 6.56. The molecule has 0 bridgehead atoms. The van der Waals surface area contributed by atoms with Crippen molar-refractivity contribution in [2.24, 2.45) is 0 Å². The van der Waals surface area contributed by atoms with E-state index in [4.69, 9.17) is 4.42 Å². The van der Waals surface area contributed by atoms with Crippen LogP contribution in [0.4, 0.5) is 0 Å². The maximum atomic E-state index is 12.7. The van der Waals surface area contributed by atoms with E-state index in [0.717, 1.165) is 5.56 Å². The average Bonchev–Trinajstić information content (AvgIpc) is 2.49. The zero-order valence-electron chi connectivity index (χ0n) is 11.5. The SMILES string of the molecule is Cc1ccc2occ(-c3ccc(O)cc3)c(=O)c2c1CO. The highest BCUT2D eigenvalue weighted by Crippen LogP contribution is 2.25. The Bertz CT molecular complexity index is 860. The Labute approximate surface area is 120 Å². The van der Waals surface area contributed by atoms with Gasteiger partial charge >= 0.3 is 0 Å². The van der Waals surface area contributed by atoms with E-state index >= 15 is 0 Å². The van der Waals surface area contributed by atoms with E-state index in [1.807, 2.05) is 13.0 Å². The first kappa shape index (κ1) is 13.4. The van der Waals surface area contributed by atoms with Gasteiger partial charge in [0.05, 0.1) is 17.6 Å². The summed E-state index contributed by atoms with van der Waals surface area (Å²) in [4.78, 5) is 12.7. The summed E-state index contributed by atoms with van der Waals surface area (Å²) >= 11 is 0. The molecule has 1 aromatic heterocycles. The number of phenols is 1. The number of aliphatic hydroxyl groups excluding tert-OH is 1. The van der Waals surface area contributed by atoms with E-state index in [1.54, 1.807) is 18.2 Å². The van der Waals surface area contributed by atoms with Gasteiger partial charge in [0.1, 0.15) is 17.6 Å². The molecule has 3 rings (SSSR count). The number of aryl methyl sites for hydroxylation is 1. The first-order chi connectivity index (χ1) is 10.1. The maximum absolute atomic E-state index is 12.7. The van der Waals surface area contributed by atoms with Crippen molar-refractivity contribution >= 4 is 11.0 Å². The van der Waals surface area contributed by atoms with Crippen LogP contribution in [0, 0.1) is 6.92 Å². The van der Waals surface area contributed by atoms with Crippen LogP contribution in [0.5, 0.6) is 5.75 Å². The Morgan fingerprint density at radius 2 is 1.81 bits per heavy atom. The predicted molar refractivity (Wildman–Crippen MR) is 80.2 cm³/mol. The molecule has 0 saturated heterocycles. The smallest absolute Gasteiger partial charge is 0.200 e. The minimum absolute atomic E-state index is 0.135. The second-order valence-electron chi connectivity index (χ2n) is 4.92. The van der Waals surface area contributed by atoms with Crippen molar-refractivity contribution in [3.63, 3.8) is 0 Å². The van der Waals surface area contributed by atoms with E-state index < -0.39 is 0 Å². The molecule has 0 spiro atoms. The van der Waals surface area contributed by atoms with E-state index in [2.05, 4.69) is 0 Å². The third-order valence-electron chi connectivity index (χ3n) is 3.62. The lowest BCUT2D eigenvalue weighted by Crippen LogP contribution is -2.08. The van der Waals surface area contributed by atoms with Crippen molar-refractivity contribution in [3.05, 3.63) is 64.0 Å². The van der Waals surface area contributed by atoms with E-state index in [0.29, 0.717) is 27.7 Å². The van der Waals surface area contributed by atoms with Crippen LogP contribution in [0.3, 0.4) is 0 Å². The molecule has 0 aliphatic rings. The van der Waals surface area contributed by atoms with Crippen LogP contribution in [0.2, 0.25) is 0 Å². The second-order valence-corrected chi connectivity index (χ2v) is 4.92. The molecule has 0 aliphatic heterocycles. The number of phenolic OH excluding ortho intramolecular Hbond substituents is 1. The number of rotatable bonds is 2. The number of hydrogen-bond donors (Lipinski definition) is 2. The number of fused-ring (bicyclic) bond motifs is 1. The average molecular weight is 282 g/mol. The highest BCUT2D eigenvalue weighted by atomic mass is 16.3. The number of aliphatic hydroxyl groups is 1. The van der Waals surface area contributed by atoms with Gasteiger partial charge in [0, 0.05) is 0 Å². The topological polar surface area (TPSA) is 70.7 Å². The van der Waals surface area contributed by atoms with Crippen LogP contribution in [-0.2, 0) is 6.61 Å². The van der Waals surface area contributed by atoms with Gasteiger partial charge in [-0.2, -0.15) is 0 Å². The summed E-state index contributed by atoms with van der Waals surface area (Å²) in [6.45, 7) is 1.63. The van der Waals surface area contributed by atoms with Crippen molar-refractivity contribution in [1.82, 2.24) is 0 Å². The summed E-state index contributed by atoms with van der Waals surface area (Å²) in [6.07, 6.45) is 1.41. The van der Waals surface area contributed by atoms with Crippen LogP contribution >= 0.6 is 0 Å². The minimum atomic E-state index is -0.215. The lowest BCUT2D eigenvalue weighted by Gasteiger charge is -2.08. The third-order valence-corrected chi connectivity index (χ3v) is 3.62. The van der Waals surface area contributed by atoms with E-state index in [1.165, 1.54) is 18.4 Å². The normalized spacial score (nSPS) is 11.0. The van der Waals surface area contributed by atoms with Gasteiger partial charge in [0.15, 0.2) is 0 Å². The molecule has 4 nitrogen and oxygen atoms in total. The van der Waals surface area contributed by atoms with Gasteiger partial charge in [-0.3, -0.25) is 4.79 Å². The highest BCUT2D eigenvalue weighted by Gasteiger charge is 2.13. The molecule has 2 aromatic carbocycles. The van der Waals surface area contributed by atoms with Crippen molar-refractivity contribution in [2.45, 2.75) is 13.5 Å². The summed E-state index contributed by atoms with van der Waals surface area (Å²) in [5.74, 6) is 0.135. The van der Waals surface area contributed by atoms with E-state index in [9.17, 15) is 15.0 Å². The van der Waals surface area contributed by atoms with Gasteiger partial charge in [0.25, 0.3) is 0 Å². The third kappa shape index (κ3) is 2.19. The molecule has 0 amide bonds. The molecule has 2 N–H and O–H groups in total. The molecule has 106 valence electrons. The molecule has 4 heteroatoms. The molecule has 1 heterocycles. The summed E-state index contributed by atoms with van der Waals surface area (Å²) in [5, 5.41) is 19.3. The molecule has 0 radical (unpaired) electrons. The summed E-state index contributed by atoms with van der Waals surface area (Å²) in [6, 6.07) is 9.89. The lowest BCUT2D eigenvalue weighted by atomic mass is 10.00. The zero-order chi connectivity index (χ0) is 15.0. The zero-order valence-corrected chi connectivity index (χ0v) is 11.5. The molecule has 0 fully saturated rings. The molecule has 0 unspecified atom stereocenters. The molecule has 0 atom stereocenters. The number of benzene rings is 2. The number of aromatic hydroxyl groups is 1. The quantitative estimate of drug-likeness (QED) is 0.758. The van der Waals surface area contributed by atoms with Gasteiger partial charge in [-0.1, -0.05) is 18.2 Å². The Morgan fingerprint density at radius 1 is 1.10 bits per heavy atom. The van der Waals surface area contributed by atoms with Gasteiger partial charge in [-0.05, 0) is 41.8 Å². The van der Waals surface area contributed by atoms with Crippen LogP contribution in [0.15, 0.2) is 51.9 Å². The van der Waals surface area contributed by atoms with Crippen molar-refractivity contribution in [3.8, 4) is 16.9 Å². The van der Waals surface area contributed by atoms with Gasteiger partial charge < -0.3 is 14.6 Å². The molecular weight excluding hydrogens is 268 g/mol. The maximum Gasteiger partial charge on any atom is 0.200 e. The van der Waals surface area contributed by atoms with Crippen LogP contribution in [-0.4, -0.2) is 10.2 Å². The lowest BCUT2D eigenvalue weighted by molar-refractivity contribution is 0.282. The van der Waals surface area contributed by atoms with Crippen LogP contribution in [0.1, 0.15) is 11.1 Å². The fraction of sp³-hybridized carbons (Fsp3) is 0.118. The van der Waals surface area contributed by atoms with Crippen LogP contribution in [0.25, 0.3) is 22.1 Å². The standard InChI is InChI=1S/C17H14O4/c1-10-2-7-15-16(13(10)8-18)17(20)14(9-21-15)11-3-5-12(19)6-4-11/h2-7,9,18-19H,8H2,1H3. The van der Waals surface area contributed by atoms with Gasteiger partial charge in [-0.15, -0.1) is 0 Å². The summed E-state index contributed by atoms with van der Waals surface area (Å²) in [5.41, 5.74) is 2.77. The minimum Gasteiger partial charge on any atom is -0.508 e. The molecule has 0 saturated carbocycles. The molecule has 3 aromatic rings. The van der Waals surface area contributed by atoms with Gasteiger partial charge in [-0.25, -0.2) is 0 Å². The van der Waals surface area contributed by atoms with E-state index in [-0.39, 0.29) is 17.8 Å². The second kappa shape index (κ2) is 5.07. The van der Waals surface area contributed by atoms with Crippen molar-refractivity contribution < 1.29 is 14.6 Å². The Kier molecular flexibility index (Phi) is 3.23. The summed E-state index contributed by atoms with van der Waals surface area (Å²) < 4.78 is 5.53. The molecule has 0 aliphatic carbocycles.